The Hall–Kier alpha value is -3.23. The van der Waals surface area contributed by atoms with E-state index in [9.17, 15) is 19.3 Å². The van der Waals surface area contributed by atoms with Gasteiger partial charge in [-0.25, -0.2) is 4.39 Å². The predicted octanol–water partition coefficient (Wildman–Crippen LogP) is 5.28. The molecule has 33 heavy (non-hydrogen) atoms. The Morgan fingerprint density at radius 3 is 2.42 bits per heavy atom. The summed E-state index contributed by atoms with van der Waals surface area (Å²) in [5.74, 6) is -0.781. The van der Waals surface area contributed by atoms with Crippen molar-refractivity contribution in [3.63, 3.8) is 0 Å². The second-order valence-corrected chi connectivity index (χ2v) is 9.06. The van der Waals surface area contributed by atoms with Crippen molar-refractivity contribution >= 4 is 23.4 Å². The smallest absolute Gasteiger partial charge is 0.270 e. The number of rotatable bonds is 7. The summed E-state index contributed by atoms with van der Waals surface area (Å²) in [6.07, 6.45) is 1.59. The fourth-order valence-corrected chi connectivity index (χ4v) is 4.83. The van der Waals surface area contributed by atoms with Crippen molar-refractivity contribution in [2.45, 2.75) is 35.2 Å². The lowest BCUT2D eigenvalue weighted by atomic mass is 10.0. The molecule has 8 heteroatoms. The van der Waals surface area contributed by atoms with E-state index in [4.69, 9.17) is 0 Å². The average Bonchev–Trinajstić information content (AvgIpc) is 2.82. The minimum Gasteiger partial charge on any atom is -0.349 e. The average molecular weight is 466 g/mol. The van der Waals surface area contributed by atoms with Gasteiger partial charge in [-0.05, 0) is 36.6 Å². The van der Waals surface area contributed by atoms with Gasteiger partial charge in [-0.2, -0.15) is 0 Å². The summed E-state index contributed by atoms with van der Waals surface area (Å²) in [5.41, 5.74) is 1.27. The van der Waals surface area contributed by atoms with Crippen LogP contribution < -0.4 is 5.32 Å². The van der Waals surface area contributed by atoms with E-state index in [1.807, 2.05) is 18.2 Å². The molecular weight excluding hydrogens is 441 g/mol. The lowest BCUT2D eigenvalue weighted by molar-refractivity contribution is -0.384. The lowest BCUT2D eigenvalue weighted by Crippen LogP contribution is -2.44. The molecule has 0 unspecified atom stereocenters. The second kappa shape index (κ2) is 10.6. The van der Waals surface area contributed by atoms with Crippen LogP contribution in [0.25, 0.3) is 0 Å². The zero-order chi connectivity index (χ0) is 23.2. The van der Waals surface area contributed by atoms with Gasteiger partial charge in [0.25, 0.3) is 11.6 Å². The first-order valence-electron chi connectivity index (χ1n) is 10.8. The van der Waals surface area contributed by atoms with Crippen molar-refractivity contribution in [3.05, 3.63) is 99.9 Å². The van der Waals surface area contributed by atoms with Crippen LogP contribution in [0.5, 0.6) is 0 Å². The molecule has 4 rings (SSSR count). The number of nitrogens with zero attached hydrogens (tertiary/aromatic N) is 2. The molecule has 1 aliphatic heterocycles. The van der Waals surface area contributed by atoms with E-state index in [2.05, 4.69) is 22.3 Å². The number of carbonyl (C=O) groups is 1. The van der Waals surface area contributed by atoms with Crippen molar-refractivity contribution < 1.29 is 14.1 Å². The maximum atomic E-state index is 14.1. The van der Waals surface area contributed by atoms with Gasteiger partial charge in [-0.3, -0.25) is 19.8 Å². The van der Waals surface area contributed by atoms with Crippen LogP contribution in [0.3, 0.4) is 0 Å². The van der Waals surface area contributed by atoms with E-state index in [0.717, 1.165) is 44.2 Å². The minimum absolute atomic E-state index is 0.0184. The van der Waals surface area contributed by atoms with Gasteiger partial charge in [0.1, 0.15) is 5.82 Å². The molecule has 3 aromatic rings. The zero-order valence-corrected chi connectivity index (χ0v) is 18.8. The minimum atomic E-state index is -0.531. The van der Waals surface area contributed by atoms with Crippen LogP contribution in [0.1, 0.15) is 28.8 Å². The van der Waals surface area contributed by atoms with E-state index in [0.29, 0.717) is 9.79 Å². The highest BCUT2D eigenvalue weighted by molar-refractivity contribution is 7.99. The third-order valence-electron chi connectivity index (χ3n) is 5.65. The third-order valence-corrected chi connectivity index (χ3v) is 6.77. The first kappa shape index (κ1) is 22.9. The Morgan fingerprint density at radius 1 is 1.03 bits per heavy atom. The number of nitro groups is 1. The van der Waals surface area contributed by atoms with Gasteiger partial charge in [0.15, 0.2) is 0 Å². The molecule has 170 valence electrons. The van der Waals surface area contributed by atoms with Crippen LogP contribution in [0.2, 0.25) is 0 Å². The number of halogens is 1. The Kier molecular flexibility index (Phi) is 7.36. The molecule has 6 nitrogen and oxygen atoms in total. The normalized spacial score (nSPS) is 14.7. The summed E-state index contributed by atoms with van der Waals surface area (Å²) in [4.78, 5) is 27.0. The molecule has 1 aliphatic rings. The van der Waals surface area contributed by atoms with Gasteiger partial charge in [-0.15, -0.1) is 0 Å². The maximum Gasteiger partial charge on any atom is 0.270 e. The van der Waals surface area contributed by atoms with E-state index in [1.54, 1.807) is 18.2 Å². The SMILES string of the molecule is O=C(NC1CCN(Cc2ccccc2)CC1)c1cc([N+](=O)[O-])ccc1Sc1ccccc1F. The Bertz CT molecular complexity index is 1130. The number of likely N-dealkylation sites (tertiary alicyclic amines) is 1. The highest BCUT2D eigenvalue weighted by Gasteiger charge is 2.24. The summed E-state index contributed by atoms with van der Waals surface area (Å²) in [5, 5.41) is 14.3. The molecule has 0 bridgehead atoms. The molecule has 0 aliphatic carbocycles. The van der Waals surface area contributed by atoms with E-state index in [-0.39, 0.29) is 23.2 Å². The lowest BCUT2D eigenvalue weighted by Gasteiger charge is -2.32. The molecule has 0 spiro atoms. The Morgan fingerprint density at radius 2 is 1.73 bits per heavy atom. The summed E-state index contributed by atoms with van der Waals surface area (Å²) in [7, 11) is 0. The molecule has 1 amide bonds. The Balaban J connectivity index is 1.44. The molecule has 1 fully saturated rings. The number of benzene rings is 3. The molecule has 3 aromatic carbocycles. The fourth-order valence-electron chi connectivity index (χ4n) is 3.88. The van der Waals surface area contributed by atoms with Gasteiger partial charge in [-0.1, -0.05) is 54.2 Å². The zero-order valence-electron chi connectivity index (χ0n) is 17.9. The number of amides is 1. The van der Waals surface area contributed by atoms with E-state index >= 15 is 0 Å². The largest absolute Gasteiger partial charge is 0.349 e. The van der Waals surface area contributed by atoms with Gasteiger partial charge < -0.3 is 5.32 Å². The molecule has 1 saturated heterocycles. The van der Waals surface area contributed by atoms with Crippen LogP contribution in [0.4, 0.5) is 10.1 Å². The Labute approximate surface area is 196 Å². The number of nitro benzene ring substituents is 1. The van der Waals surface area contributed by atoms with Crippen molar-refractivity contribution in [1.29, 1.82) is 0 Å². The van der Waals surface area contributed by atoms with E-state index < -0.39 is 10.7 Å². The number of non-ortho nitro benzene ring substituents is 1. The number of carbonyl (C=O) groups excluding carboxylic acids is 1. The molecular formula is C25H24FN3O3S. The molecule has 0 radical (unpaired) electrons. The van der Waals surface area contributed by atoms with Crippen LogP contribution in [0.15, 0.2) is 82.6 Å². The van der Waals surface area contributed by atoms with Gasteiger partial charge in [0.2, 0.25) is 0 Å². The summed E-state index contributed by atoms with van der Waals surface area (Å²) < 4.78 is 14.1. The van der Waals surface area contributed by atoms with Crippen molar-refractivity contribution in [3.8, 4) is 0 Å². The molecule has 0 saturated carbocycles. The van der Waals surface area contributed by atoms with Gasteiger partial charge in [0, 0.05) is 47.6 Å². The fraction of sp³-hybridized carbons (Fsp3) is 0.240. The predicted molar refractivity (Wildman–Crippen MR) is 126 cm³/mol. The van der Waals surface area contributed by atoms with Gasteiger partial charge >= 0.3 is 0 Å². The number of nitrogens with one attached hydrogen (secondary N) is 1. The van der Waals surface area contributed by atoms with Crippen LogP contribution in [-0.2, 0) is 6.54 Å². The monoisotopic (exact) mass is 465 g/mol. The van der Waals surface area contributed by atoms with Crippen LogP contribution in [-0.4, -0.2) is 34.9 Å². The quantitative estimate of drug-likeness (QED) is 0.380. The second-order valence-electron chi connectivity index (χ2n) is 7.98. The molecule has 0 atom stereocenters. The molecule has 1 N–H and O–H groups in total. The molecule has 0 aromatic heterocycles. The third kappa shape index (κ3) is 5.97. The summed E-state index contributed by atoms with van der Waals surface area (Å²) >= 11 is 1.09. The summed E-state index contributed by atoms with van der Waals surface area (Å²) in [6, 6.07) is 20.6. The highest BCUT2D eigenvalue weighted by Crippen LogP contribution is 2.34. The number of hydrogen-bond acceptors (Lipinski definition) is 5. The highest BCUT2D eigenvalue weighted by atomic mass is 32.2. The van der Waals surface area contributed by atoms with Crippen molar-refractivity contribution in [2.75, 3.05) is 13.1 Å². The van der Waals surface area contributed by atoms with Crippen LogP contribution >= 0.6 is 11.8 Å². The van der Waals surface area contributed by atoms with Gasteiger partial charge in [0.05, 0.1) is 10.5 Å². The first-order valence-corrected chi connectivity index (χ1v) is 11.6. The number of hydrogen-bond donors (Lipinski definition) is 1. The number of piperidine rings is 1. The maximum absolute atomic E-state index is 14.1. The topological polar surface area (TPSA) is 75.5 Å². The van der Waals surface area contributed by atoms with Crippen LogP contribution in [0, 0.1) is 15.9 Å². The molecule has 1 heterocycles. The van der Waals surface area contributed by atoms with Crippen molar-refractivity contribution in [2.24, 2.45) is 0 Å². The van der Waals surface area contributed by atoms with Crippen molar-refractivity contribution in [1.82, 2.24) is 10.2 Å². The first-order chi connectivity index (χ1) is 16.0. The standard InChI is InChI=1S/C25H24FN3O3S/c26-22-8-4-5-9-24(22)33-23-11-10-20(29(31)32)16-21(23)25(30)27-19-12-14-28(15-13-19)17-18-6-2-1-3-7-18/h1-11,16,19H,12-15,17H2,(H,27,30). The van der Waals surface area contributed by atoms with E-state index in [1.165, 1.54) is 29.8 Å². The summed E-state index contributed by atoms with van der Waals surface area (Å²) in [6.45, 7) is 2.58.